The average molecular weight is 353 g/mol. The molecule has 0 amide bonds. The van der Waals surface area contributed by atoms with Gasteiger partial charge in [-0.05, 0) is 12.5 Å². The van der Waals surface area contributed by atoms with Gasteiger partial charge in [-0.25, -0.2) is 19.3 Å². The van der Waals surface area contributed by atoms with Crippen LogP contribution in [0.15, 0.2) is 41.7 Å². The van der Waals surface area contributed by atoms with Crippen molar-refractivity contribution in [2.24, 2.45) is 0 Å². The van der Waals surface area contributed by atoms with E-state index in [1.807, 2.05) is 4.90 Å². The monoisotopic (exact) mass is 353 g/mol. The number of phenolic OH excluding ortho intramolecular Hbond substituents is 1. The zero-order chi connectivity index (χ0) is 18.1. The van der Waals surface area contributed by atoms with Crippen molar-refractivity contribution in [3.8, 4) is 17.1 Å². The third-order valence-corrected chi connectivity index (χ3v) is 4.45. The third-order valence-electron chi connectivity index (χ3n) is 4.45. The lowest BCUT2D eigenvalue weighted by Gasteiger charge is -2.28. The molecule has 4 rings (SSSR count). The quantitative estimate of drug-likeness (QED) is 0.743. The second-order valence-electron chi connectivity index (χ2n) is 6.18. The summed E-state index contributed by atoms with van der Waals surface area (Å²) in [6.45, 7) is 1.44. The Morgan fingerprint density at radius 1 is 1.27 bits per heavy atom. The predicted molar refractivity (Wildman–Crippen MR) is 91.8 cm³/mol. The average Bonchev–Trinajstić information content (AvgIpc) is 2.66. The van der Waals surface area contributed by atoms with Gasteiger partial charge in [0.1, 0.15) is 12.2 Å². The van der Waals surface area contributed by atoms with Crippen LogP contribution in [0.3, 0.4) is 0 Å². The minimum atomic E-state index is -0.638. The number of halogens is 1. The van der Waals surface area contributed by atoms with Gasteiger partial charge in [-0.1, -0.05) is 12.1 Å². The third kappa shape index (κ3) is 3.06. The highest BCUT2D eigenvalue weighted by molar-refractivity contribution is 5.52. The summed E-state index contributed by atoms with van der Waals surface area (Å²) in [5, 5.41) is 9.87. The van der Waals surface area contributed by atoms with Gasteiger partial charge in [0, 0.05) is 43.2 Å². The van der Waals surface area contributed by atoms with Crippen LogP contribution in [0.4, 0.5) is 4.39 Å². The highest BCUT2D eigenvalue weighted by Crippen LogP contribution is 2.25. The van der Waals surface area contributed by atoms with Gasteiger partial charge in [0.2, 0.25) is 0 Å². The number of rotatable bonds is 3. The molecule has 132 valence electrons. The zero-order valence-corrected chi connectivity index (χ0v) is 13.8. The van der Waals surface area contributed by atoms with E-state index in [1.54, 1.807) is 24.5 Å². The fraction of sp³-hybridized carbons (Fsp3) is 0.222. The molecule has 0 bridgehead atoms. The number of aromatic hydroxyl groups is 1. The molecular formula is C18H16FN5O2. The van der Waals surface area contributed by atoms with Gasteiger partial charge in [-0.15, -0.1) is 0 Å². The fourth-order valence-corrected chi connectivity index (χ4v) is 3.12. The molecule has 1 aliphatic heterocycles. The number of aromatic nitrogens is 4. The van der Waals surface area contributed by atoms with Gasteiger partial charge in [-0.2, -0.15) is 0 Å². The largest absolute Gasteiger partial charge is 0.505 e. The van der Waals surface area contributed by atoms with Gasteiger partial charge in [-0.3, -0.25) is 9.69 Å². The van der Waals surface area contributed by atoms with Gasteiger partial charge in [0.15, 0.2) is 11.6 Å². The van der Waals surface area contributed by atoms with Gasteiger partial charge < -0.3 is 10.1 Å². The first-order chi connectivity index (χ1) is 12.6. The number of nitrogens with zero attached hydrogens (tertiary/aromatic N) is 4. The van der Waals surface area contributed by atoms with Crippen molar-refractivity contribution in [3.05, 3.63) is 69.9 Å². The normalized spacial score (nSPS) is 14.2. The molecule has 2 aromatic heterocycles. The first-order valence-electron chi connectivity index (χ1n) is 8.18. The van der Waals surface area contributed by atoms with E-state index in [4.69, 9.17) is 0 Å². The maximum absolute atomic E-state index is 13.5. The molecule has 0 radical (unpaired) electrons. The van der Waals surface area contributed by atoms with Crippen molar-refractivity contribution < 1.29 is 9.50 Å². The minimum absolute atomic E-state index is 0.165. The van der Waals surface area contributed by atoms with Crippen LogP contribution in [0.1, 0.15) is 16.8 Å². The van der Waals surface area contributed by atoms with Crippen LogP contribution in [0.5, 0.6) is 5.75 Å². The molecule has 0 aliphatic carbocycles. The summed E-state index contributed by atoms with van der Waals surface area (Å²) in [5.74, 6) is -0.551. The molecule has 0 saturated heterocycles. The predicted octanol–water partition coefficient (Wildman–Crippen LogP) is 1.63. The standard InChI is InChI=1S/C18H16FN5O2/c19-14-3-1-2-11(16(14)25)8-24-5-4-13-15(9-24)22-17(23-18(13)26)12-6-20-10-21-7-12/h1-3,6-7,10,25H,4-5,8-9H2,(H,22,23,26). The van der Waals surface area contributed by atoms with E-state index >= 15 is 0 Å². The molecule has 0 saturated carbocycles. The maximum atomic E-state index is 13.5. The summed E-state index contributed by atoms with van der Waals surface area (Å²) in [4.78, 5) is 29.6. The summed E-state index contributed by atoms with van der Waals surface area (Å²) in [7, 11) is 0. The van der Waals surface area contributed by atoms with Crippen LogP contribution >= 0.6 is 0 Å². The van der Waals surface area contributed by atoms with E-state index in [0.29, 0.717) is 54.3 Å². The Kier molecular flexibility index (Phi) is 4.18. The number of hydrogen-bond acceptors (Lipinski definition) is 6. The Balaban J connectivity index is 1.63. The van der Waals surface area contributed by atoms with E-state index in [-0.39, 0.29) is 11.3 Å². The molecule has 26 heavy (non-hydrogen) atoms. The molecule has 3 heterocycles. The van der Waals surface area contributed by atoms with Gasteiger partial charge >= 0.3 is 0 Å². The first-order valence-corrected chi connectivity index (χ1v) is 8.18. The number of para-hydroxylation sites is 1. The zero-order valence-electron chi connectivity index (χ0n) is 13.8. The number of hydrogen-bond donors (Lipinski definition) is 2. The van der Waals surface area contributed by atoms with Crippen LogP contribution in [0.2, 0.25) is 0 Å². The van der Waals surface area contributed by atoms with Gasteiger partial charge in [0.05, 0.1) is 11.3 Å². The minimum Gasteiger partial charge on any atom is -0.505 e. The summed E-state index contributed by atoms with van der Waals surface area (Å²) < 4.78 is 13.5. The molecular weight excluding hydrogens is 337 g/mol. The van der Waals surface area contributed by atoms with Crippen molar-refractivity contribution in [2.45, 2.75) is 19.5 Å². The van der Waals surface area contributed by atoms with Gasteiger partial charge in [0.25, 0.3) is 5.56 Å². The van der Waals surface area contributed by atoms with Crippen molar-refractivity contribution >= 4 is 0 Å². The molecule has 0 atom stereocenters. The van der Waals surface area contributed by atoms with Crippen molar-refractivity contribution in [3.63, 3.8) is 0 Å². The summed E-state index contributed by atoms with van der Waals surface area (Å²) in [6.07, 6.45) is 5.12. The van der Waals surface area contributed by atoms with Crippen molar-refractivity contribution in [1.82, 2.24) is 24.8 Å². The lowest BCUT2D eigenvalue weighted by molar-refractivity contribution is 0.236. The maximum Gasteiger partial charge on any atom is 0.254 e. The summed E-state index contributed by atoms with van der Waals surface area (Å²) in [6, 6.07) is 4.48. The van der Waals surface area contributed by atoms with Crippen LogP contribution in [-0.2, 0) is 19.5 Å². The molecule has 2 N–H and O–H groups in total. The topological polar surface area (TPSA) is 95.0 Å². The summed E-state index contributed by atoms with van der Waals surface area (Å²) in [5.41, 5.74) is 2.31. The highest BCUT2D eigenvalue weighted by atomic mass is 19.1. The molecule has 3 aromatic rings. The molecule has 1 aliphatic rings. The molecule has 0 fully saturated rings. The van der Waals surface area contributed by atoms with Crippen LogP contribution in [0.25, 0.3) is 11.4 Å². The van der Waals surface area contributed by atoms with Crippen LogP contribution in [-0.4, -0.2) is 36.5 Å². The van der Waals surface area contributed by atoms with Crippen molar-refractivity contribution in [1.29, 1.82) is 0 Å². The number of H-pyrrole nitrogens is 1. The molecule has 0 spiro atoms. The Morgan fingerprint density at radius 3 is 2.88 bits per heavy atom. The van der Waals surface area contributed by atoms with Crippen molar-refractivity contribution in [2.75, 3.05) is 6.54 Å². The molecule has 8 heteroatoms. The van der Waals surface area contributed by atoms with E-state index in [0.717, 1.165) is 0 Å². The lowest BCUT2D eigenvalue weighted by Crippen LogP contribution is -2.35. The van der Waals surface area contributed by atoms with E-state index < -0.39 is 5.82 Å². The number of fused-ring (bicyclic) bond motifs is 1. The van der Waals surface area contributed by atoms with Crippen LogP contribution in [0, 0.1) is 5.82 Å². The Bertz CT molecular complexity index is 1010. The second kappa shape index (κ2) is 6.64. The SMILES string of the molecule is O=c1[nH]c(-c2cncnc2)nc2c1CCN(Cc1cccc(F)c1O)C2. The second-order valence-corrected chi connectivity index (χ2v) is 6.18. The number of benzene rings is 1. The highest BCUT2D eigenvalue weighted by Gasteiger charge is 2.22. The molecule has 0 unspecified atom stereocenters. The van der Waals surface area contributed by atoms with E-state index in [9.17, 15) is 14.3 Å². The Hall–Kier alpha value is -3.13. The summed E-state index contributed by atoms with van der Waals surface area (Å²) >= 11 is 0. The number of aromatic amines is 1. The number of phenols is 1. The first kappa shape index (κ1) is 16.3. The smallest absolute Gasteiger partial charge is 0.254 e. The van der Waals surface area contributed by atoms with E-state index in [1.165, 1.54) is 12.4 Å². The Morgan fingerprint density at radius 2 is 2.08 bits per heavy atom. The fourth-order valence-electron chi connectivity index (χ4n) is 3.12. The molecule has 7 nitrogen and oxygen atoms in total. The van der Waals surface area contributed by atoms with E-state index in [2.05, 4.69) is 19.9 Å². The van der Waals surface area contributed by atoms with Crippen LogP contribution < -0.4 is 5.56 Å². The molecule has 1 aromatic carbocycles. The lowest BCUT2D eigenvalue weighted by atomic mass is 10.0. The number of nitrogens with one attached hydrogen (secondary N) is 1. The Labute approximate surface area is 148 Å².